The van der Waals surface area contributed by atoms with Gasteiger partial charge in [-0.2, -0.15) is 0 Å². The molecule has 1 aliphatic rings. The molecule has 2 aromatic rings. The van der Waals surface area contributed by atoms with E-state index in [1.165, 1.54) is 0 Å². The summed E-state index contributed by atoms with van der Waals surface area (Å²) in [4.78, 5) is 25.1. The first kappa shape index (κ1) is 27.2. The quantitative estimate of drug-likeness (QED) is 0.487. The van der Waals surface area contributed by atoms with Crippen molar-refractivity contribution < 1.29 is 28.5 Å². The number of benzene rings is 2. The summed E-state index contributed by atoms with van der Waals surface area (Å²) in [7, 11) is 3.20. The predicted molar refractivity (Wildman–Crippen MR) is 138 cm³/mol. The van der Waals surface area contributed by atoms with Crippen LogP contribution < -0.4 is 29.6 Å². The molecule has 0 bridgehead atoms. The molecule has 0 heterocycles. The zero-order chi connectivity index (χ0) is 26.2. The third-order valence-electron chi connectivity index (χ3n) is 6.38. The van der Waals surface area contributed by atoms with Gasteiger partial charge in [0.1, 0.15) is 23.0 Å². The number of rotatable bonds is 11. The zero-order valence-corrected chi connectivity index (χ0v) is 21.9. The number of carbonyl (C=O) groups excluding carboxylic acids is 2. The Hall–Kier alpha value is -3.42. The van der Waals surface area contributed by atoms with Crippen LogP contribution in [0.25, 0.3) is 0 Å². The third-order valence-corrected chi connectivity index (χ3v) is 6.38. The first-order valence-corrected chi connectivity index (χ1v) is 12.2. The van der Waals surface area contributed by atoms with E-state index in [2.05, 4.69) is 31.4 Å². The van der Waals surface area contributed by atoms with E-state index in [4.69, 9.17) is 18.9 Å². The first-order valence-electron chi connectivity index (χ1n) is 12.2. The lowest BCUT2D eigenvalue weighted by Crippen LogP contribution is -2.51. The Morgan fingerprint density at radius 3 is 1.75 bits per heavy atom. The fraction of sp³-hybridized carbons (Fsp3) is 0.500. The van der Waals surface area contributed by atoms with Gasteiger partial charge in [-0.15, -0.1) is 0 Å². The number of methoxy groups -OCH3 is 2. The Morgan fingerprint density at radius 1 is 0.778 bits per heavy atom. The van der Waals surface area contributed by atoms with Crippen molar-refractivity contribution >= 4 is 11.8 Å². The second-order valence-electron chi connectivity index (χ2n) is 10.5. The van der Waals surface area contributed by atoms with Gasteiger partial charge in [-0.25, -0.2) is 0 Å². The number of hydrogen-bond donors (Lipinski definition) is 2. The maximum atomic E-state index is 12.6. The van der Waals surface area contributed by atoms with Crippen molar-refractivity contribution in [2.45, 2.75) is 46.1 Å². The summed E-state index contributed by atoms with van der Waals surface area (Å²) in [5.74, 6) is 2.34. The molecule has 2 aromatic carbocycles. The minimum Gasteiger partial charge on any atom is -0.497 e. The van der Waals surface area contributed by atoms with Crippen LogP contribution in [0.15, 0.2) is 48.5 Å². The third kappa shape index (κ3) is 8.36. The van der Waals surface area contributed by atoms with Crippen molar-refractivity contribution in [3.05, 3.63) is 48.5 Å². The maximum Gasteiger partial charge on any atom is 0.258 e. The van der Waals surface area contributed by atoms with Crippen LogP contribution >= 0.6 is 0 Å². The highest BCUT2D eigenvalue weighted by molar-refractivity contribution is 5.78. The molecule has 0 spiro atoms. The van der Waals surface area contributed by atoms with Gasteiger partial charge in [0.25, 0.3) is 11.8 Å². The van der Waals surface area contributed by atoms with E-state index in [0.29, 0.717) is 18.0 Å². The second kappa shape index (κ2) is 12.0. The Morgan fingerprint density at radius 2 is 1.25 bits per heavy atom. The minimum atomic E-state index is -0.177. The summed E-state index contributed by atoms with van der Waals surface area (Å²) in [6, 6.07) is 14.2. The smallest absolute Gasteiger partial charge is 0.258 e. The number of carbonyl (C=O) groups is 2. The summed E-state index contributed by atoms with van der Waals surface area (Å²) in [6.45, 7) is 6.95. The number of amides is 2. The summed E-state index contributed by atoms with van der Waals surface area (Å²) < 4.78 is 21.5. The molecular weight excluding hydrogens is 460 g/mol. The van der Waals surface area contributed by atoms with Gasteiger partial charge in [0, 0.05) is 12.6 Å². The summed E-state index contributed by atoms with van der Waals surface area (Å²) in [5, 5.41) is 6.15. The van der Waals surface area contributed by atoms with Gasteiger partial charge < -0.3 is 29.6 Å². The standard InChI is InChI=1S/C28H38N2O6/c1-27(2)14-20(30-26(32)17-36-24-12-8-22(34-5)9-13-24)15-28(3,18-27)19-29-25(31)16-35-23-10-6-21(33-4)7-11-23/h6-13,20H,14-19H2,1-5H3,(H,29,31)(H,30,32). The van der Waals surface area contributed by atoms with Crippen LogP contribution in [0.4, 0.5) is 0 Å². The normalized spacial score (nSPS) is 20.6. The highest BCUT2D eigenvalue weighted by Crippen LogP contribution is 2.45. The highest BCUT2D eigenvalue weighted by Gasteiger charge is 2.41. The molecule has 2 unspecified atom stereocenters. The van der Waals surface area contributed by atoms with Crippen LogP contribution in [0.2, 0.25) is 0 Å². The molecule has 1 aliphatic carbocycles. The molecule has 1 fully saturated rings. The van der Waals surface area contributed by atoms with Gasteiger partial charge >= 0.3 is 0 Å². The summed E-state index contributed by atoms with van der Waals surface area (Å²) in [5.41, 5.74) is -0.140. The van der Waals surface area contributed by atoms with E-state index in [9.17, 15) is 9.59 Å². The lowest BCUT2D eigenvalue weighted by atomic mass is 9.62. The average molecular weight is 499 g/mol. The summed E-state index contributed by atoms with van der Waals surface area (Å²) in [6.07, 6.45) is 2.57. The Bertz CT molecular complexity index is 1010. The van der Waals surface area contributed by atoms with Gasteiger partial charge in [0.2, 0.25) is 0 Å². The number of hydrogen-bond acceptors (Lipinski definition) is 6. The topological polar surface area (TPSA) is 95.1 Å². The molecule has 3 rings (SSSR count). The van der Waals surface area contributed by atoms with Crippen LogP contribution in [-0.4, -0.2) is 51.8 Å². The van der Waals surface area contributed by atoms with Crippen LogP contribution in [0.1, 0.15) is 40.0 Å². The van der Waals surface area contributed by atoms with Gasteiger partial charge in [0.15, 0.2) is 13.2 Å². The van der Waals surface area contributed by atoms with Crippen molar-refractivity contribution in [2.24, 2.45) is 10.8 Å². The molecule has 36 heavy (non-hydrogen) atoms. The molecule has 1 saturated carbocycles. The zero-order valence-electron chi connectivity index (χ0n) is 21.9. The van der Waals surface area contributed by atoms with E-state index < -0.39 is 0 Å². The van der Waals surface area contributed by atoms with Crippen molar-refractivity contribution in [1.82, 2.24) is 10.6 Å². The van der Waals surface area contributed by atoms with Gasteiger partial charge in [-0.1, -0.05) is 20.8 Å². The van der Waals surface area contributed by atoms with Gasteiger partial charge in [-0.05, 0) is 78.6 Å². The Labute approximate surface area is 213 Å². The molecule has 8 heteroatoms. The molecule has 2 amide bonds. The maximum absolute atomic E-state index is 12.6. The number of ether oxygens (including phenoxy) is 4. The van der Waals surface area contributed by atoms with Crippen LogP contribution in [-0.2, 0) is 9.59 Å². The largest absolute Gasteiger partial charge is 0.497 e. The molecule has 2 N–H and O–H groups in total. The van der Waals surface area contributed by atoms with Crippen molar-refractivity contribution in [1.29, 1.82) is 0 Å². The van der Waals surface area contributed by atoms with E-state index in [-0.39, 0.29) is 41.9 Å². The van der Waals surface area contributed by atoms with Crippen LogP contribution in [0, 0.1) is 10.8 Å². The second-order valence-corrected chi connectivity index (χ2v) is 10.5. The van der Waals surface area contributed by atoms with Crippen molar-refractivity contribution in [3.8, 4) is 23.0 Å². The molecule has 8 nitrogen and oxygen atoms in total. The summed E-state index contributed by atoms with van der Waals surface area (Å²) >= 11 is 0. The molecule has 2 atom stereocenters. The number of nitrogens with one attached hydrogen (secondary N) is 2. The average Bonchev–Trinajstić information content (AvgIpc) is 2.84. The van der Waals surface area contributed by atoms with Gasteiger partial charge in [-0.3, -0.25) is 9.59 Å². The van der Waals surface area contributed by atoms with Crippen molar-refractivity contribution in [2.75, 3.05) is 34.0 Å². The van der Waals surface area contributed by atoms with E-state index in [1.54, 1.807) is 62.8 Å². The van der Waals surface area contributed by atoms with E-state index >= 15 is 0 Å². The fourth-order valence-corrected chi connectivity index (χ4v) is 5.14. The molecule has 196 valence electrons. The molecule has 0 aliphatic heterocycles. The van der Waals surface area contributed by atoms with Crippen molar-refractivity contribution in [3.63, 3.8) is 0 Å². The molecule has 0 radical (unpaired) electrons. The highest BCUT2D eigenvalue weighted by atomic mass is 16.5. The fourth-order valence-electron chi connectivity index (χ4n) is 5.14. The lowest BCUT2D eigenvalue weighted by molar-refractivity contribution is -0.126. The van der Waals surface area contributed by atoms with Crippen LogP contribution in [0.5, 0.6) is 23.0 Å². The van der Waals surface area contributed by atoms with E-state index in [0.717, 1.165) is 30.8 Å². The molecule has 0 saturated heterocycles. The van der Waals surface area contributed by atoms with Gasteiger partial charge in [0.05, 0.1) is 14.2 Å². The predicted octanol–water partition coefficient (Wildman–Crippen LogP) is 3.98. The molecule has 0 aromatic heterocycles. The molecular formula is C28H38N2O6. The lowest BCUT2D eigenvalue weighted by Gasteiger charge is -2.47. The van der Waals surface area contributed by atoms with Crippen LogP contribution in [0.3, 0.4) is 0 Å². The van der Waals surface area contributed by atoms with E-state index in [1.807, 2.05) is 0 Å². The minimum absolute atomic E-state index is 0.00170. The monoisotopic (exact) mass is 498 g/mol. The first-order chi connectivity index (χ1) is 17.1. The Kier molecular flexibility index (Phi) is 9.07. The Balaban J connectivity index is 1.47. The SMILES string of the molecule is COc1ccc(OCC(=O)NCC2(C)CC(NC(=O)COc3ccc(OC)cc3)CC(C)(C)C2)cc1.